The Kier molecular flexibility index (Phi) is 6.06. The minimum absolute atomic E-state index is 0.114. The lowest BCUT2D eigenvalue weighted by Crippen LogP contribution is -2.39. The van der Waals surface area contributed by atoms with Crippen LogP contribution in [0.1, 0.15) is 34.3 Å². The van der Waals surface area contributed by atoms with Crippen molar-refractivity contribution in [2.45, 2.75) is 24.6 Å². The van der Waals surface area contributed by atoms with E-state index in [4.69, 9.17) is 0 Å². The molecule has 1 heterocycles. The molecule has 4 aromatic carbocycles. The number of aromatic carboxylic acids is 1. The Labute approximate surface area is 206 Å². The van der Waals surface area contributed by atoms with E-state index in [-0.39, 0.29) is 5.56 Å². The van der Waals surface area contributed by atoms with E-state index in [1.165, 1.54) is 12.1 Å². The number of hydrogen-bond acceptors (Lipinski definition) is 3. The molecule has 0 spiro atoms. The topological polar surface area (TPSA) is 69.6 Å². The molecule has 0 amide bonds. The molecule has 36 heavy (non-hydrogen) atoms. The SMILES string of the molecule is O=C(O)c1cc(-c2ccc(C3(O)CCNCC3)cc2)c2ccc(-c3ccc(C(F)(F)F)cc3)cc2c1. The lowest BCUT2D eigenvalue weighted by molar-refractivity contribution is -0.137. The van der Waals surface area contributed by atoms with E-state index in [9.17, 15) is 28.2 Å². The number of carboxylic acid groups (broad SMARTS) is 1. The van der Waals surface area contributed by atoms with E-state index >= 15 is 0 Å². The van der Waals surface area contributed by atoms with Crippen LogP contribution in [0.3, 0.4) is 0 Å². The van der Waals surface area contributed by atoms with Gasteiger partial charge in [0.05, 0.1) is 16.7 Å². The van der Waals surface area contributed by atoms with Crippen LogP contribution in [-0.2, 0) is 11.8 Å². The smallest absolute Gasteiger partial charge is 0.416 e. The first-order valence-electron chi connectivity index (χ1n) is 11.7. The Hall–Kier alpha value is -3.68. The Morgan fingerprint density at radius 2 is 1.42 bits per heavy atom. The minimum atomic E-state index is -4.41. The Balaban J connectivity index is 1.56. The van der Waals surface area contributed by atoms with Crippen molar-refractivity contribution < 1.29 is 28.2 Å². The zero-order valence-electron chi connectivity index (χ0n) is 19.3. The number of hydrogen-bond donors (Lipinski definition) is 3. The highest BCUT2D eigenvalue weighted by atomic mass is 19.4. The van der Waals surface area contributed by atoms with Crippen molar-refractivity contribution in [1.29, 1.82) is 0 Å². The fourth-order valence-corrected chi connectivity index (χ4v) is 4.85. The van der Waals surface area contributed by atoms with Crippen molar-refractivity contribution in [3.8, 4) is 22.3 Å². The fraction of sp³-hybridized carbons (Fsp3) is 0.207. The van der Waals surface area contributed by atoms with Gasteiger partial charge in [-0.3, -0.25) is 0 Å². The molecule has 0 saturated carbocycles. The van der Waals surface area contributed by atoms with Crippen LogP contribution < -0.4 is 5.32 Å². The summed E-state index contributed by atoms with van der Waals surface area (Å²) in [5.74, 6) is -1.07. The van der Waals surface area contributed by atoms with Gasteiger partial charge in [-0.2, -0.15) is 13.2 Å². The van der Waals surface area contributed by atoms with E-state index in [0.717, 1.165) is 47.3 Å². The van der Waals surface area contributed by atoms with Gasteiger partial charge in [0, 0.05) is 0 Å². The number of aliphatic hydroxyl groups is 1. The largest absolute Gasteiger partial charge is 0.478 e. The average Bonchev–Trinajstić information content (AvgIpc) is 2.88. The third kappa shape index (κ3) is 4.59. The number of piperidine rings is 1. The van der Waals surface area contributed by atoms with Gasteiger partial charge in [-0.25, -0.2) is 4.79 Å². The van der Waals surface area contributed by atoms with Gasteiger partial charge < -0.3 is 15.5 Å². The summed E-state index contributed by atoms with van der Waals surface area (Å²) in [7, 11) is 0. The molecule has 0 atom stereocenters. The maximum atomic E-state index is 12.9. The number of rotatable bonds is 4. The molecule has 184 valence electrons. The summed E-state index contributed by atoms with van der Waals surface area (Å²) >= 11 is 0. The highest BCUT2D eigenvalue weighted by molar-refractivity contribution is 6.04. The van der Waals surface area contributed by atoms with Gasteiger partial charge >= 0.3 is 12.1 Å². The van der Waals surface area contributed by atoms with Gasteiger partial charge in [-0.1, -0.05) is 48.5 Å². The molecule has 7 heteroatoms. The number of alkyl halides is 3. The standard InChI is InChI=1S/C29H24F3NO3/c30-29(31,32)24-8-1-18(2-9-24)20-5-10-25-21(15-20)16-22(27(34)35)17-26(25)19-3-6-23(7-4-19)28(36)11-13-33-14-12-28/h1-10,15-17,33,36H,11-14H2,(H,34,35). The van der Waals surface area contributed by atoms with Gasteiger partial charge in [0.15, 0.2) is 0 Å². The third-order valence-electron chi connectivity index (χ3n) is 6.91. The van der Waals surface area contributed by atoms with E-state index in [2.05, 4.69) is 5.32 Å². The van der Waals surface area contributed by atoms with Crippen LogP contribution in [0.4, 0.5) is 13.2 Å². The summed E-state index contributed by atoms with van der Waals surface area (Å²) in [5, 5.41) is 25.5. The van der Waals surface area contributed by atoms with Crippen LogP contribution in [0.2, 0.25) is 0 Å². The first-order chi connectivity index (χ1) is 17.1. The van der Waals surface area contributed by atoms with Crippen LogP contribution in [-0.4, -0.2) is 29.3 Å². The second-order valence-corrected chi connectivity index (χ2v) is 9.20. The van der Waals surface area contributed by atoms with E-state index in [1.54, 1.807) is 18.2 Å². The van der Waals surface area contributed by atoms with Crippen LogP contribution in [0.5, 0.6) is 0 Å². The molecule has 5 rings (SSSR count). The number of benzene rings is 4. The van der Waals surface area contributed by atoms with Crippen LogP contribution >= 0.6 is 0 Å². The fourth-order valence-electron chi connectivity index (χ4n) is 4.85. The van der Waals surface area contributed by atoms with Crippen molar-refractivity contribution in [3.05, 3.63) is 95.6 Å². The zero-order chi connectivity index (χ0) is 25.5. The number of fused-ring (bicyclic) bond motifs is 1. The minimum Gasteiger partial charge on any atom is -0.478 e. The number of carbonyl (C=O) groups is 1. The molecule has 0 unspecified atom stereocenters. The molecule has 1 aliphatic heterocycles. The Bertz CT molecular complexity index is 1420. The predicted molar refractivity (Wildman–Crippen MR) is 133 cm³/mol. The van der Waals surface area contributed by atoms with Gasteiger partial charge in [-0.05, 0) is 94.9 Å². The van der Waals surface area contributed by atoms with Gasteiger partial charge in [-0.15, -0.1) is 0 Å². The van der Waals surface area contributed by atoms with E-state index in [1.807, 2.05) is 36.4 Å². The number of nitrogens with one attached hydrogen (secondary N) is 1. The summed E-state index contributed by atoms with van der Waals surface area (Å²) < 4.78 is 38.8. The zero-order valence-corrected chi connectivity index (χ0v) is 19.3. The maximum Gasteiger partial charge on any atom is 0.416 e. The molecule has 1 saturated heterocycles. The van der Waals surface area contributed by atoms with Crippen LogP contribution in [0, 0.1) is 0 Å². The molecule has 3 N–H and O–H groups in total. The molecule has 4 aromatic rings. The summed E-state index contributed by atoms with van der Waals surface area (Å²) in [6.07, 6.45) is -3.17. The molecule has 0 radical (unpaired) electrons. The van der Waals surface area contributed by atoms with Crippen LogP contribution in [0.25, 0.3) is 33.0 Å². The quantitative estimate of drug-likeness (QED) is 0.306. The van der Waals surface area contributed by atoms with Gasteiger partial charge in [0.2, 0.25) is 0 Å². The van der Waals surface area contributed by atoms with Crippen molar-refractivity contribution in [3.63, 3.8) is 0 Å². The van der Waals surface area contributed by atoms with E-state index in [0.29, 0.717) is 29.4 Å². The molecule has 1 aliphatic rings. The second-order valence-electron chi connectivity index (χ2n) is 9.20. The predicted octanol–water partition coefficient (Wildman–Crippen LogP) is 6.46. The van der Waals surface area contributed by atoms with Crippen LogP contribution in [0.15, 0.2) is 78.9 Å². The molecule has 1 fully saturated rings. The first kappa shape index (κ1) is 24.0. The lowest BCUT2D eigenvalue weighted by Gasteiger charge is -2.33. The van der Waals surface area contributed by atoms with Crippen molar-refractivity contribution in [2.24, 2.45) is 0 Å². The highest BCUT2D eigenvalue weighted by Crippen LogP contribution is 2.37. The Morgan fingerprint density at radius 3 is 2.03 bits per heavy atom. The monoisotopic (exact) mass is 491 g/mol. The second kappa shape index (κ2) is 9.08. The Morgan fingerprint density at radius 1 is 0.806 bits per heavy atom. The molecule has 0 bridgehead atoms. The maximum absolute atomic E-state index is 12.9. The highest BCUT2D eigenvalue weighted by Gasteiger charge is 2.31. The lowest BCUT2D eigenvalue weighted by atomic mass is 9.84. The molecule has 0 aromatic heterocycles. The number of halogens is 3. The van der Waals surface area contributed by atoms with Crippen molar-refractivity contribution >= 4 is 16.7 Å². The van der Waals surface area contributed by atoms with Gasteiger partial charge in [0.25, 0.3) is 0 Å². The normalized spacial score (nSPS) is 15.7. The average molecular weight is 492 g/mol. The summed E-state index contributed by atoms with van der Waals surface area (Å²) in [5.41, 5.74) is 2.17. The summed E-state index contributed by atoms with van der Waals surface area (Å²) in [6, 6.07) is 21.1. The number of carboxylic acids is 1. The molecular weight excluding hydrogens is 467 g/mol. The molecule has 4 nitrogen and oxygen atoms in total. The van der Waals surface area contributed by atoms with Gasteiger partial charge in [0.1, 0.15) is 0 Å². The third-order valence-corrected chi connectivity index (χ3v) is 6.91. The first-order valence-corrected chi connectivity index (χ1v) is 11.7. The summed E-state index contributed by atoms with van der Waals surface area (Å²) in [4.78, 5) is 11.9. The summed E-state index contributed by atoms with van der Waals surface area (Å²) in [6.45, 7) is 1.48. The molecular formula is C29H24F3NO3. The molecule has 0 aliphatic carbocycles. The van der Waals surface area contributed by atoms with Crippen molar-refractivity contribution in [1.82, 2.24) is 5.32 Å². The van der Waals surface area contributed by atoms with Crippen molar-refractivity contribution in [2.75, 3.05) is 13.1 Å². The van der Waals surface area contributed by atoms with E-state index < -0.39 is 23.3 Å².